The average Bonchev–Trinajstić information content (AvgIpc) is 2.79. The number of isocyanates is 2. The van der Waals surface area contributed by atoms with Crippen molar-refractivity contribution in [2.24, 2.45) is 5.92 Å². The van der Waals surface area contributed by atoms with E-state index in [0.717, 1.165) is 23.3 Å². The van der Waals surface area contributed by atoms with Crippen molar-refractivity contribution >= 4 is 23.9 Å². The highest BCUT2D eigenvalue weighted by Crippen LogP contribution is 2.35. The van der Waals surface area contributed by atoms with E-state index in [-0.39, 0.29) is 0 Å². The first-order chi connectivity index (χ1) is 11.8. The van der Waals surface area contributed by atoms with Gasteiger partial charge in [0.15, 0.2) is 0 Å². The highest BCUT2D eigenvalue weighted by molar-refractivity contribution is 7.99. The van der Waals surface area contributed by atoms with E-state index in [1.807, 2.05) is 0 Å². The molecule has 5 heteroatoms. The number of carbonyl (C=O) groups excluding carboxylic acids is 2. The van der Waals surface area contributed by atoms with Crippen molar-refractivity contribution in [3.05, 3.63) is 0 Å². The molecule has 0 spiro atoms. The van der Waals surface area contributed by atoms with Crippen LogP contribution >= 0.6 is 11.8 Å². The molecule has 0 bridgehead atoms. The SMILES string of the molecule is C1CCCCC(C2CCCCCCCS2)CCC1.N=C=O.N=C=O. The van der Waals surface area contributed by atoms with E-state index >= 15 is 0 Å². The molecule has 1 aliphatic carbocycles. The lowest BCUT2D eigenvalue weighted by molar-refractivity contribution is 0.394. The minimum atomic E-state index is 0.750. The van der Waals surface area contributed by atoms with Gasteiger partial charge in [-0.05, 0) is 37.4 Å². The van der Waals surface area contributed by atoms with Crippen LogP contribution in [0.15, 0.2) is 0 Å². The third-order valence-corrected chi connectivity index (χ3v) is 6.46. The molecular weight excluding hydrogens is 320 g/mol. The molecule has 0 aromatic carbocycles. The van der Waals surface area contributed by atoms with Crippen molar-refractivity contribution in [2.45, 2.75) is 95.1 Å². The Morgan fingerprint density at radius 1 is 0.625 bits per heavy atom. The maximum Gasteiger partial charge on any atom is 0.231 e. The van der Waals surface area contributed by atoms with Crippen molar-refractivity contribution in [2.75, 3.05) is 5.75 Å². The molecule has 1 saturated heterocycles. The Morgan fingerprint density at radius 2 is 1.00 bits per heavy atom. The quantitative estimate of drug-likeness (QED) is 0.448. The third kappa shape index (κ3) is 13.5. The summed E-state index contributed by atoms with van der Waals surface area (Å²) in [6.07, 6.45) is 22.6. The molecule has 0 radical (unpaired) electrons. The molecule has 2 fully saturated rings. The minimum Gasteiger partial charge on any atom is -0.222 e. The summed E-state index contributed by atoms with van der Waals surface area (Å²) in [4.78, 5) is 16.7. The molecule has 2 rings (SSSR count). The highest BCUT2D eigenvalue weighted by Gasteiger charge is 2.22. The zero-order chi connectivity index (χ0) is 17.9. The molecule has 1 unspecified atom stereocenters. The van der Waals surface area contributed by atoms with E-state index in [1.54, 1.807) is 0 Å². The Bertz CT molecular complexity index is 297. The molecular formula is C19H34N2O2S. The molecule has 2 N–H and O–H groups in total. The summed E-state index contributed by atoms with van der Waals surface area (Å²) in [6, 6.07) is 0. The van der Waals surface area contributed by atoms with Crippen LogP contribution in [0, 0.1) is 16.7 Å². The lowest BCUT2D eigenvalue weighted by Crippen LogP contribution is -2.18. The van der Waals surface area contributed by atoms with E-state index in [9.17, 15) is 0 Å². The average molecular weight is 355 g/mol. The highest BCUT2D eigenvalue weighted by atomic mass is 32.2. The summed E-state index contributed by atoms with van der Waals surface area (Å²) >= 11 is 2.34. The van der Waals surface area contributed by atoms with E-state index < -0.39 is 0 Å². The second kappa shape index (κ2) is 18.4. The van der Waals surface area contributed by atoms with Crippen LogP contribution in [0.5, 0.6) is 0 Å². The third-order valence-electron chi connectivity index (χ3n) is 4.89. The number of nitrogens with one attached hydrogen (secondary N) is 2. The summed E-state index contributed by atoms with van der Waals surface area (Å²) in [7, 11) is 0. The van der Waals surface area contributed by atoms with E-state index in [4.69, 9.17) is 20.4 Å². The van der Waals surface area contributed by atoms with Crippen LogP contribution < -0.4 is 0 Å². The molecule has 138 valence electrons. The van der Waals surface area contributed by atoms with Crippen LogP contribution in [0.1, 0.15) is 89.9 Å². The fourth-order valence-electron chi connectivity index (χ4n) is 3.70. The van der Waals surface area contributed by atoms with Gasteiger partial charge in [0, 0.05) is 5.25 Å². The molecule has 24 heavy (non-hydrogen) atoms. The second-order valence-electron chi connectivity index (χ2n) is 6.63. The van der Waals surface area contributed by atoms with Gasteiger partial charge in [0.05, 0.1) is 0 Å². The molecule has 1 atom stereocenters. The molecule has 1 saturated carbocycles. The second-order valence-corrected chi connectivity index (χ2v) is 7.98. The number of hydrogen-bond donors (Lipinski definition) is 2. The van der Waals surface area contributed by atoms with Gasteiger partial charge in [-0.2, -0.15) is 11.8 Å². The van der Waals surface area contributed by atoms with Gasteiger partial charge in [-0.3, -0.25) is 0 Å². The smallest absolute Gasteiger partial charge is 0.222 e. The molecule has 0 aromatic heterocycles. The van der Waals surface area contributed by atoms with Gasteiger partial charge in [0.25, 0.3) is 0 Å². The van der Waals surface area contributed by atoms with Gasteiger partial charge in [0.1, 0.15) is 0 Å². The predicted octanol–water partition coefficient (Wildman–Crippen LogP) is 5.99. The standard InChI is InChI=1S/C17H32S.2CHNO/c1-2-5-9-13-16(12-8-4-1)17-14-10-6-3-7-11-15-18-17;2*2-1-3/h16-17H,1-15H2;2*2H. The first-order valence-corrected chi connectivity index (χ1v) is 10.5. The monoisotopic (exact) mass is 354 g/mol. The van der Waals surface area contributed by atoms with Gasteiger partial charge in [-0.1, -0.05) is 64.2 Å². The zero-order valence-electron chi connectivity index (χ0n) is 15.0. The summed E-state index contributed by atoms with van der Waals surface area (Å²) < 4.78 is 0. The maximum absolute atomic E-state index is 8.35. The Hall–Kier alpha value is -0.890. The van der Waals surface area contributed by atoms with E-state index in [0.29, 0.717) is 0 Å². The number of rotatable bonds is 1. The molecule has 4 nitrogen and oxygen atoms in total. The van der Waals surface area contributed by atoms with Crippen LogP contribution in [-0.2, 0) is 9.59 Å². The lowest BCUT2D eigenvalue weighted by Gasteiger charge is -2.26. The fraction of sp³-hybridized carbons (Fsp3) is 0.895. The summed E-state index contributed by atoms with van der Waals surface area (Å²) in [5.41, 5.74) is 0. The van der Waals surface area contributed by atoms with Crippen LogP contribution in [0.25, 0.3) is 0 Å². The first-order valence-electron chi connectivity index (χ1n) is 9.49. The van der Waals surface area contributed by atoms with Crippen LogP contribution in [-0.4, -0.2) is 23.2 Å². The van der Waals surface area contributed by atoms with Gasteiger partial charge in [-0.15, -0.1) is 0 Å². The van der Waals surface area contributed by atoms with Crippen LogP contribution in [0.4, 0.5) is 0 Å². The summed E-state index contributed by atoms with van der Waals surface area (Å²) in [5.74, 6) is 2.51. The topological polar surface area (TPSA) is 81.8 Å². The maximum atomic E-state index is 8.35. The Labute approximate surface area is 151 Å². The van der Waals surface area contributed by atoms with E-state index in [2.05, 4.69) is 11.8 Å². The van der Waals surface area contributed by atoms with Crippen molar-refractivity contribution in [3.63, 3.8) is 0 Å². The molecule has 1 heterocycles. The van der Waals surface area contributed by atoms with Crippen molar-refractivity contribution in [1.82, 2.24) is 0 Å². The number of hydrogen-bond acceptors (Lipinski definition) is 5. The van der Waals surface area contributed by atoms with Gasteiger partial charge < -0.3 is 0 Å². The molecule has 0 aromatic rings. The fourth-order valence-corrected chi connectivity index (χ4v) is 5.26. The summed E-state index contributed by atoms with van der Waals surface area (Å²) in [5, 5.41) is 11.8. The van der Waals surface area contributed by atoms with Crippen molar-refractivity contribution in [1.29, 1.82) is 10.8 Å². The summed E-state index contributed by atoms with van der Waals surface area (Å²) in [6.45, 7) is 0. The Kier molecular flexibility index (Phi) is 17.8. The van der Waals surface area contributed by atoms with Gasteiger partial charge in [0.2, 0.25) is 12.2 Å². The van der Waals surface area contributed by atoms with E-state index in [1.165, 1.54) is 95.6 Å². The van der Waals surface area contributed by atoms with Crippen molar-refractivity contribution in [3.8, 4) is 0 Å². The predicted molar refractivity (Wildman–Crippen MR) is 101 cm³/mol. The largest absolute Gasteiger partial charge is 0.231 e. The van der Waals surface area contributed by atoms with Crippen molar-refractivity contribution < 1.29 is 9.59 Å². The first kappa shape index (κ1) is 23.1. The number of thioether (sulfide) groups is 1. The minimum absolute atomic E-state index is 0.750. The molecule has 2 aliphatic rings. The van der Waals surface area contributed by atoms with Gasteiger partial charge in [-0.25, -0.2) is 20.4 Å². The van der Waals surface area contributed by atoms with Crippen LogP contribution in [0.3, 0.4) is 0 Å². The normalized spacial score (nSPS) is 23.4. The zero-order valence-corrected chi connectivity index (χ0v) is 15.8. The lowest BCUT2D eigenvalue weighted by atomic mass is 9.90. The van der Waals surface area contributed by atoms with Gasteiger partial charge >= 0.3 is 0 Å². The molecule has 1 aliphatic heterocycles. The Morgan fingerprint density at radius 3 is 1.50 bits per heavy atom. The molecule has 0 amide bonds. The van der Waals surface area contributed by atoms with Crippen LogP contribution in [0.2, 0.25) is 0 Å². The Balaban J connectivity index is 0.000000772.